The van der Waals surface area contributed by atoms with Gasteiger partial charge in [0.1, 0.15) is 0 Å². The third kappa shape index (κ3) is 3.71. The third-order valence-corrected chi connectivity index (χ3v) is 2.89. The second kappa shape index (κ2) is 6.56. The lowest BCUT2D eigenvalue weighted by Crippen LogP contribution is -2.05. The van der Waals surface area contributed by atoms with Gasteiger partial charge in [-0.3, -0.25) is 0 Å². The van der Waals surface area contributed by atoms with Gasteiger partial charge in [0, 0.05) is 24.5 Å². The molecule has 20 heavy (non-hydrogen) atoms. The first-order valence-corrected chi connectivity index (χ1v) is 6.25. The highest BCUT2D eigenvalue weighted by atomic mass is 16.5. The monoisotopic (exact) mass is 272 g/mol. The van der Waals surface area contributed by atoms with Crippen molar-refractivity contribution in [1.82, 2.24) is 4.98 Å². The first-order chi connectivity index (χ1) is 9.69. The van der Waals surface area contributed by atoms with Crippen LogP contribution in [0.3, 0.4) is 0 Å². The number of aromatic nitrogens is 1. The van der Waals surface area contributed by atoms with E-state index in [0.717, 1.165) is 24.2 Å². The number of rotatable bonds is 6. The molecule has 0 fully saturated rings. The van der Waals surface area contributed by atoms with Crippen molar-refractivity contribution in [2.75, 3.05) is 19.0 Å². The van der Waals surface area contributed by atoms with Crippen LogP contribution in [0, 0.1) is 0 Å². The predicted molar refractivity (Wildman–Crippen MR) is 76.4 cm³/mol. The molecular formula is C15H16N2O3. The molecule has 0 bridgehead atoms. The molecule has 1 aromatic carbocycles. The van der Waals surface area contributed by atoms with Crippen LogP contribution in [0.25, 0.3) is 0 Å². The van der Waals surface area contributed by atoms with Crippen molar-refractivity contribution in [3.8, 4) is 5.88 Å². The molecule has 0 aliphatic rings. The summed E-state index contributed by atoms with van der Waals surface area (Å²) in [7, 11) is 1.58. The van der Waals surface area contributed by atoms with Crippen LogP contribution < -0.4 is 10.1 Å². The molecule has 2 N–H and O–H groups in total. The van der Waals surface area contributed by atoms with Crippen molar-refractivity contribution >= 4 is 11.7 Å². The lowest BCUT2D eigenvalue weighted by molar-refractivity contribution is 0.0697. The van der Waals surface area contributed by atoms with E-state index in [9.17, 15) is 4.79 Å². The van der Waals surface area contributed by atoms with Crippen molar-refractivity contribution < 1.29 is 14.6 Å². The Balaban J connectivity index is 1.87. The van der Waals surface area contributed by atoms with Gasteiger partial charge in [-0.25, -0.2) is 9.78 Å². The molecule has 1 aromatic heterocycles. The number of carboxylic acids is 1. The molecule has 0 aliphatic heterocycles. The molecule has 0 saturated carbocycles. The summed E-state index contributed by atoms with van der Waals surface area (Å²) in [5.41, 5.74) is 2.34. The molecule has 0 unspecified atom stereocenters. The van der Waals surface area contributed by atoms with E-state index in [1.54, 1.807) is 25.4 Å². The van der Waals surface area contributed by atoms with Crippen LogP contribution in [-0.2, 0) is 6.42 Å². The fraction of sp³-hybridized carbons (Fsp3) is 0.200. The molecule has 104 valence electrons. The Bertz CT molecular complexity index is 582. The van der Waals surface area contributed by atoms with Crippen molar-refractivity contribution in [3.05, 3.63) is 53.7 Å². The Morgan fingerprint density at radius 3 is 2.70 bits per heavy atom. The smallest absolute Gasteiger partial charge is 0.335 e. The average molecular weight is 272 g/mol. The predicted octanol–water partition coefficient (Wildman–Crippen LogP) is 2.44. The molecule has 1 heterocycles. The second-order valence-corrected chi connectivity index (χ2v) is 4.27. The number of carbonyl (C=O) groups is 1. The highest BCUT2D eigenvalue weighted by Gasteiger charge is 2.02. The topological polar surface area (TPSA) is 71.5 Å². The van der Waals surface area contributed by atoms with Gasteiger partial charge in [0.15, 0.2) is 0 Å². The first-order valence-electron chi connectivity index (χ1n) is 6.25. The van der Waals surface area contributed by atoms with E-state index >= 15 is 0 Å². The van der Waals surface area contributed by atoms with Crippen LogP contribution in [0.1, 0.15) is 15.9 Å². The van der Waals surface area contributed by atoms with Gasteiger partial charge < -0.3 is 15.2 Å². The van der Waals surface area contributed by atoms with E-state index in [2.05, 4.69) is 10.3 Å². The zero-order valence-corrected chi connectivity index (χ0v) is 11.2. The van der Waals surface area contributed by atoms with Crippen LogP contribution in [0.4, 0.5) is 5.69 Å². The van der Waals surface area contributed by atoms with Gasteiger partial charge in [0.25, 0.3) is 0 Å². The minimum absolute atomic E-state index is 0.306. The fourth-order valence-electron chi connectivity index (χ4n) is 1.80. The molecular weight excluding hydrogens is 256 g/mol. The van der Waals surface area contributed by atoms with Gasteiger partial charge in [-0.2, -0.15) is 0 Å². The average Bonchev–Trinajstić information content (AvgIpc) is 2.48. The number of nitrogens with one attached hydrogen (secondary N) is 1. The minimum Gasteiger partial charge on any atom is -0.481 e. The number of ether oxygens (including phenoxy) is 1. The minimum atomic E-state index is -0.904. The summed E-state index contributed by atoms with van der Waals surface area (Å²) in [6, 6.07) is 10.6. The summed E-state index contributed by atoms with van der Waals surface area (Å²) >= 11 is 0. The summed E-state index contributed by atoms with van der Waals surface area (Å²) in [4.78, 5) is 14.8. The van der Waals surface area contributed by atoms with Gasteiger partial charge >= 0.3 is 5.97 Å². The maximum absolute atomic E-state index is 10.7. The largest absolute Gasteiger partial charge is 0.481 e. The van der Waals surface area contributed by atoms with Crippen LogP contribution in [0.2, 0.25) is 0 Å². The van der Waals surface area contributed by atoms with E-state index in [4.69, 9.17) is 9.84 Å². The second-order valence-electron chi connectivity index (χ2n) is 4.27. The Morgan fingerprint density at radius 1 is 1.30 bits per heavy atom. The number of carboxylic acid groups (broad SMARTS) is 1. The molecule has 5 heteroatoms. The van der Waals surface area contributed by atoms with Crippen molar-refractivity contribution in [2.24, 2.45) is 0 Å². The number of nitrogens with zero attached hydrogens (tertiary/aromatic N) is 1. The summed E-state index contributed by atoms with van der Waals surface area (Å²) in [6.07, 6.45) is 2.49. The molecule has 5 nitrogen and oxygen atoms in total. The molecule has 0 amide bonds. The lowest BCUT2D eigenvalue weighted by atomic mass is 10.1. The highest BCUT2D eigenvalue weighted by molar-refractivity contribution is 5.87. The Morgan fingerprint density at radius 2 is 2.05 bits per heavy atom. The quantitative estimate of drug-likeness (QED) is 0.845. The summed E-state index contributed by atoms with van der Waals surface area (Å²) in [5.74, 6) is -0.334. The van der Waals surface area contributed by atoms with Gasteiger partial charge in [0.05, 0.1) is 12.7 Å². The zero-order valence-electron chi connectivity index (χ0n) is 11.2. The highest BCUT2D eigenvalue weighted by Crippen LogP contribution is 2.13. The molecule has 0 spiro atoms. The number of hydrogen-bond acceptors (Lipinski definition) is 4. The van der Waals surface area contributed by atoms with Gasteiger partial charge in [0.2, 0.25) is 5.88 Å². The van der Waals surface area contributed by atoms with Crippen LogP contribution in [0.5, 0.6) is 5.88 Å². The van der Waals surface area contributed by atoms with Crippen LogP contribution >= 0.6 is 0 Å². The van der Waals surface area contributed by atoms with Gasteiger partial charge in [-0.15, -0.1) is 0 Å². The zero-order chi connectivity index (χ0) is 14.4. The van der Waals surface area contributed by atoms with Gasteiger partial charge in [-0.05, 0) is 30.2 Å². The van der Waals surface area contributed by atoms with E-state index in [1.807, 2.05) is 24.3 Å². The maximum Gasteiger partial charge on any atom is 0.335 e. The van der Waals surface area contributed by atoms with E-state index in [1.165, 1.54) is 0 Å². The standard InChI is InChI=1S/C15H16N2O3/c1-20-14-10-13(7-9-17-14)16-8-6-11-2-4-12(5-3-11)15(18)19/h2-5,7,9-10H,6,8H2,1H3,(H,16,17)(H,18,19). The van der Waals surface area contributed by atoms with Crippen molar-refractivity contribution in [2.45, 2.75) is 6.42 Å². The maximum atomic E-state index is 10.7. The Labute approximate surface area is 117 Å². The molecule has 0 radical (unpaired) electrons. The summed E-state index contributed by atoms with van der Waals surface area (Å²) in [5, 5.41) is 12.1. The fourth-order valence-corrected chi connectivity index (χ4v) is 1.80. The molecule has 0 saturated heterocycles. The third-order valence-electron chi connectivity index (χ3n) is 2.89. The number of pyridine rings is 1. The van der Waals surface area contributed by atoms with Crippen LogP contribution in [-0.4, -0.2) is 29.7 Å². The van der Waals surface area contributed by atoms with Crippen molar-refractivity contribution in [1.29, 1.82) is 0 Å². The number of anilines is 1. The summed E-state index contributed by atoms with van der Waals surface area (Å²) < 4.78 is 5.05. The molecule has 0 atom stereocenters. The van der Waals surface area contributed by atoms with E-state index < -0.39 is 5.97 Å². The Hall–Kier alpha value is -2.56. The number of hydrogen-bond donors (Lipinski definition) is 2. The number of benzene rings is 1. The molecule has 2 aromatic rings. The SMILES string of the molecule is COc1cc(NCCc2ccc(C(=O)O)cc2)ccn1. The lowest BCUT2D eigenvalue weighted by Gasteiger charge is -2.07. The van der Waals surface area contributed by atoms with Gasteiger partial charge in [-0.1, -0.05) is 12.1 Å². The number of aromatic carboxylic acids is 1. The molecule has 2 rings (SSSR count). The molecule has 0 aliphatic carbocycles. The Kier molecular flexibility index (Phi) is 4.55. The summed E-state index contributed by atoms with van der Waals surface area (Å²) in [6.45, 7) is 0.750. The van der Waals surface area contributed by atoms with Crippen LogP contribution in [0.15, 0.2) is 42.6 Å². The van der Waals surface area contributed by atoms with Crippen molar-refractivity contribution in [3.63, 3.8) is 0 Å². The first kappa shape index (κ1) is 13.9. The van der Waals surface area contributed by atoms with E-state index in [0.29, 0.717) is 11.4 Å². The van der Waals surface area contributed by atoms with E-state index in [-0.39, 0.29) is 0 Å². The normalized spacial score (nSPS) is 10.1. The number of methoxy groups -OCH3 is 1.